The van der Waals surface area contributed by atoms with Gasteiger partial charge in [-0.25, -0.2) is 4.79 Å². The highest BCUT2D eigenvalue weighted by Crippen LogP contribution is 2.27. The van der Waals surface area contributed by atoms with Gasteiger partial charge in [-0.2, -0.15) is 0 Å². The summed E-state index contributed by atoms with van der Waals surface area (Å²) in [6.45, 7) is 1.86. The number of nitrogens with zero attached hydrogens (tertiary/aromatic N) is 2. The average molecular weight is 196 g/mol. The number of rotatable bonds is 3. The van der Waals surface area contributed by atoms with Gasteiger partial charge in [-0.15, -0.1) is 0 Å². The third-order valence-electron chi connectivity index (χ3n) is 3.15. The molecule has 0 atom stereocenters. The van der Waals surface area contributed by atoms with Crippen LogP contribution < -0.4 is 0 Å². The summed E-state index contributed by atoms with van der Waals surface area (Å²) in [6, 6.07) is 0.519. The van der Waals surface area contributed by atoms with E-state index in [1.807, 2.05) is 4.90 Å². The number of carbonyl (C=O) groups is 2. The summed E-state index contributed by atoms with van der Waals surface area (Å²) >= 11 is 0. The van der Waals surface area contributed by atoms with Gasteiger partial charge in [-0.05, 0) is 25.7 Å². The zero-order valence-electron chi connectivity index (χ0n) is 8.32. The minimum Gasteiger partial charge on any atom is -0.322 e. The second-order valence-electron chi connectivity index (χ2n) is 4.03. The Bertz CT molecular complexity index is 238. The van der Waals surface area contributed by atoms with Crippen LogP contribution in [0, 0.1) is 0 Å². The monoisotopic (exact) mass is 196 g/mol. The van der Waals surface area contributed by atoms with Crippen LogP contribution in [0.1, 0.15) is 25.7 Å². The summed E-state index contributed by atoms with van der Waals surface area (Å²) in [7, 11) is 0. The molecule has 14 heavy (non-hydrogen) atoms. The molecule has 1 saturated heterocycles. The fourth-order valence-electron chi connectivity index (χ4n) is 2.10. The molecule has 1 heterocycles. The van der Waals surface area contributed by atoms with E-state index in [4.69, 9.17) is 0 Å². The Morgan fingerprint density at radius 3 is 2.64 bits per heavy atom. The topological polar surface area (TPSA) is 40.6 Å². The maximum Gasteiger partial charge on any atom is 0.320 e. The summed E-state index contributed by atoms with van der Waals surface area (Å²) in [5, 5.41) is 0. The van der Waals surface area contributed by atoms with Crippen molar-refractivity contribution in [3.63, 3.8) is 0 Å². The van der Waals surface area contributed by atoms with Gasteiger partial charge in [-0.1, -0.05) is 0 Å². The van der Waals surface area contributed by atoms with Gasteiger partial charge in [0.1, 0.15) is 6.29 Å². The quantitative estimate of drug-likeness (QED) is 0.628. The van der Waals surface area contributed by atoms with Crippen molar-refractivity contribution < 1.29 is 9.59 Å². The minimum absolute atomic E-state index is 0.0630. The lowest BCUT2D eigenvalue weighted by Crippen LogP contribution is -2.55. The molecule has 0 radical (unpaired) electrons. The van der Waals surface area contributed by atoms with Crippen LogP contribution in [0.5, 0.6) is 0 Å². The van der Waals surface area contributed by atoms with Crippen molar-refractivity contribution in [3.8, 4) is 0 Å². The first-order chi connectivity index (χ1) is 6.83. The molecule has 78 valence electrons. The molecular formula is C10H16N2O2. The van der Waals surface area contributed by atoms with E-state index in [0.717, 1.165) is 38.6 Å². The summed E-state index contributed by atoms with van der Waals surface area (Å²) in [6.07, 6.45) is 5.32. The second-order valence-corrected chi connectivity index (χ2v) is 4.03. The van der Waals surface area contributed by atoms with E-state index in [1.165, 1.54) is 6.42 Å². The molecule has 4 heteroatoms. The average Bonchev–Trinajstić information content (AvgIpc) is 2.09. The van der Waals surface area contributed by atoms with Crippen LogP contribution in [0.3, 0.4) is 0 Å². The predicted octanol–water partition coefficient (Wildman–Crippen LogP) is 0.865. The van der Waals surface area contributed by atoms with Crippen LogP contribution in [0.15, 0.2) is 0 Å². The number of urea groups is 1. The summed E-state index contributed by atoms with van der Waals surface area (Å²) in [5.41, 5.74) is 0. The molecular weight excluding hydrogens is 180 g/mol. The fourth-order valence-corrected chi connectivity index (χ4v) is 2.10. The van der Waals surface area contributed by atoms with Gasteiger partial charge < -0.3 is 14.6 Å². The van der Waals surface area contributed by atoms with Crippen molar-refractivity contribution in [2.24, 2.45) is 0 Å². The Hall–Kier alpha value is -1.06. The molecule has 0 N–H and O–H groups in total. The zero-order chi connectivity index (χ0) is 9.97. The highest BCUT2D eigenvalue weighted by molar-refractivity contribution is 5.78. The van der Waals surface area contributed by atoms with Crippen LogP contribution in [-0.4, -0.2) is 47.8 Å². The molecule has 1 aliphatic carbocycles. The number of amides is 2. The Labute approximate surface area is 83.9 Å². The molecule has 0 aromatic rings. The molecule has 0 aromatic heterocycles. The summed E-state index contributed by atoms with van der Waals surface area (Å²) in [5.74, 6) is 0. The third kappa shape index (κ3) is 1.61. The van der Waals surface area contributed by atoms with Crippen molar-refractivity contribution >= 4 is 12.3 Å². The smallest absolute Gasteiger partial charge is 0.320 e. The first-order valence-electron chi connectivity index (χ1n) is 5.32. The Morgan fingerprint density at radius 1 is 1.29 bits per heavy atom. The van der Waals surface area contributed by atoms with Gasteiger partial charge in [0, 0.05) is 19.1 Å². The molecule has 0 unspecified atom stereocenters. The van der Waals surface area contributed by atoms with Crippen LogP contribution in [0.25, 0.3) is 0 Å². The van der Waals surface area contributed by atoms with Gasteiger partial charge in [0.2, 0.25) is 0 Å². The number of carbonyl (C=O) groups excluding carboxylic acids is 2. The minimum atomic E-state index is 0.0630. The third-order valence-corrected chi connectivity index (χ3v) is 3.15. The van der Waals surface area contributed by atoms with Crippen LogP contribution in [0.2, 0.25) is 0 Å². The lowest BCUT2D eigenvalue weighted by atomic mass is 9.91. The van der Waals surface area contributed by atoms with E-state index >= 15 is 0 Å². The Kier molecular flexibility index (Phi) is 2.70. The standard InChI is InChI=1S/C10H16N2O2/c13-8-7-11-5-2-6-12(10(11)14)9-3-1-4-9/h8-9H,1-7H2. The van der Waals surface area contributed by atoms with Crippen LogP contribution in [0.4, 0.5) is 4.79 Å². The van der Waals surface area contributed by atoms with E-state index in [0.29, 0.717) is 6.04 Å². The SMILES string of the molecule is O=CCN1CCCN(C2CCC2)C1=O. The molecule has 0 aromatic carbocycles. The second kappa shape index (κ2) is 3.98. The van der Waals surface area contributed by atoms with E-state index in [1.54, 1.807) is 4.90 Å². The molecule has 0 bridgehead atoms. The van der Waals surface area contributed by atoms with Gasteiger partial charge in [0.05, 0.1) is 6.54 Å². The van der Waals surface area contributed by atoms with Crippen LogP contribution >= 0.6 is 0 Å². The maximum atomic E-state index is 11.8. The van der Waals surface area contributed by atoms with Gasteiger partial charge in [0.25, 0.3) is 0 Å². The summed E-state index contributed by atoms with van der Waals surface area (Å²) < 4.78 is 0. The number of aldehydes is 1. The van der Waals surface area contributed by atoms with Crippen molar-refractivity contribution in [1.82, 2.24) is 9.80 Å². The Balaban J connectivity index is 1.96. The van der Waals surface area contributed by atoms with E-state index < -0.39 is 0 Å². The number of hydrogen-bond donors (Lipinski definition) is 0. The highest BCUT2D eigenvalue weighted by Gasteiger charge is 2.33. The van der Waals surface area contributed by atoms with Crippen LogP contribution in [-0.2, 0) is 4.79 Å². The molecule has 0 spiro atoms. The molecule has 4 nitrogen and oxygen atoms in total. The first kappa shape index (κ1) is 9.49. The molecule has 1 aliphatic heterocycles. The highest BCUT2D eigenvalue weighted by atomic mass is 16.2. The molecule has 2 rings (SSSR count). The van der Waals surface area contributed by atoms with E-state index in [-0.39, 0.29) is 12.6 Å². The lowest BCUT2D eigenvalue weighted by Gasteiger charge is -2.43. The molecule has 2 fully saturated rings. The maximum absolute atomic E-state index is 11.8. The molecule has 2 aliphatic rings. The van der Waals surface area contributed by atoms with E-state index in [2.05, 4.69) is 0 Å². The van der Waals surface area contributed by atoms with Crippen molar-refractivity contribution in [1.29, 1.82) is 0 Å². The zero-order valence-corrected chi connectivity index (χ0v) is 8.32. The van der Waals surface area contributed by atoms with E-state index in [9.17, 15) is 9.59 Å². The van der Waals surface area contributed by atoms with Gasteiger partial charge >= 0.3 is 6.03 Å². The largest absolute Gasteiger partial charge is 0.322 e. The van der Waals surface area contributed by atoms with Crippen molar-refractivity contribution in [2.45, 2.75) is 31.7 Å². The predicted molar refractivity (Wildman–Crippen MR) is 52.0 cm³/mol. The molecule has 2 amide bonds. The normalized spacial score (nSPS) is 23.6. The van der Waals surface area contributed by atoms with Crippen molar-refractivity contribution in [3.05, 3.63) is 0 Å². The van der Waals surface area contributed by atoms with Crippen molar-refractivity contribution in [2.75, 3.05) is 19.6 Å². The number of hydrogen-bond acceptors (Lipinski definition) is 2. The van der Waals surface area contributed by atoms with Gasteiger partial charge in [-0.3, -0.25) is 0 Å². The molecule has 1 saturated carbocycles. The van der Waals surface area contributed by atoms with Gasteiger partial charge in [0.15, 0.2) is 0 Å². The Morgan fingerprint density at radius 2 is 2.07 bits per heavy atom. The summed E-state index contributed by atoms with van der Waals surface area (Å²) in [4.78, 5) is 25.8. The fraction of sp³-hybridized carbons (Fsp3) is 0.800. The lowest BCUT2D eigenvalue weighted by molar-refractivity contribution is -0.108. The first-order valence-corrected chi connectivity index (χ1v) is 5.32.